The average molecular weight is 423 g/mol. The second-order valence-electron chi connectivity index (χ2n) is 10.7. The maximum absolute atomic E-state index is 13.4. The van der Waals surface area contributed by atoms with Crippen molar-refractivity contribution < 1.29 is 18.7 Å². The number of nitrogens with zero attached hydrogens (tertiary/aromatic N) is 4. The van der Waals surface area contributed by atoms with Crippen molar-refractivity contribution >= 4 is 5.78 Å². The van der Waals surface area contributed by atoms with E-state index in [1.165, 1.54) is 11.1 Å². The van der Waals surface area contributed by atoms with Gasteiger partial charge in [-0.25, -0.2) is 8.78 Å². The highest BCUT2D eigenvalue weighted by Crippen LogP contribution is 2.64. The molecule has 0 aromatic carbocycles. The van der Waals surface area contributed by atoms with Gasteiger partial charge in [-0.1, -0.05) is 6.92 Å². The van der Waals surface area contributed by atoms with Crippen LogP contribution in [0.3, 0.4) is 0 Å². The van der Waals surface area contributed by atoms with Crippen LogP contribution < -0.4 is 0 Å². The van der Waals surface area contributed by atoms with Crippen LogP contribution in [0.25, 0.3) is 0 Å². The molecule has 1 heterocycles. The summed E-state index contributed by atoms with van der Waals surface area (Å²) in [7, 11) is 0. The van der Waals surface area contributed by atoms with Crippen LogP contribution in [0.4, 0.5) is 8.78 Å². The molecule has 6 nitrogen and oxygen atoms in total. The number of Topliss-reactive ketones (excluding diaryl/α,β-unsaturated/α-hetero) is 1. The van der Waals surface area contributed by atoms with Crippen molar-refractivity contribution in [3.05, 3.63) is 6.33 Å². The first-order valence-electron chi connectivity index (χ1n) is 11.6. The van der Waals surface area contributed by atoms with Gasteiger partial charge in [-0.05, 0) is 98.0 Å². The van der Waals surface area contributed by atoms with Crippen LogP contribution >= 0.6 is 0 Å². The SMILES string of the molecule is CC12CCC3C4CCC(O)(C(F)F)CC4CCC3C1CCC2C(=O)Cn1ncnn1. The zero-order valence-electron chi connectivity index (χ0n) is 17.6. The van der Waals surface area contributed by atoms with Crippen LogP contribution in [0.15, 0.2) is 6.33 Å². The third kappa shape index (κ3) is 3.12. The van der Waals surface area contributed by atoms with Gasteiger partial charge in [0.2, 0.25) is 0 Å². The van der Waals surface area contributed by atoms with Crippen LogP contribution in [0.5, 0.6) is 0 Å². The summed E-state index contributed by atoms with van der Waals surface area (Å²) in [5.74, 6) is 2.62. The predicted octanol–water partition coefficient (Wildman–Crippen LogP) is 3.51. The van der Waals surface area contributed by atoms with E-state index in [2.05, 4.69) is 22.3 Å². The van der Waals surface area contributed by atoms with Gasteiger partial charge >= 0.3 is 0 Å². The first-order valence-corrected chi connectivity index (χ1v) is 11.6. The van der Waals surface area contributed by atoms with Crippen molar-refractivity contribution in [3.63, 3.8) is 0 Å². The van der Waals surface area contributed by atoms with Crippen molar-refractivity contribution in [2.24, 2.45) is 40.9 Å². The smallest absolute Gasteiger partial charge is 0.266 e. The Kier molecular flexibility index (Phi) is 4.99. The standard InChI is InChI=1S/C22H32F2N4O2/c1-21-8-6-15-14-7-9-22(30,20(23)24)10-13(14)2-3-16(15)17(21)4-5-18(21)19(29)11-28-26-12-25-27-28/h12-18,20,30H,2-11H2,1H3. The molecule has 4 aliphatic rings. The van der Waals surface area contributed by atoms with E-state index in [0.717, 1.165) is 44.9 Å². The first-order chi connectivity index (χ1) is 14.3. The van der Waals surface area contributed by atoms with E-state index in [9.17, 15) is 18.7 Å². The fourth-order valence-corrected chi connectivity index (χ4v) is 8.15. The molecule has 166 valence electrons. The Morgan fingerprint density at radius 2 is 1.93 bits per heavy atom. The molecule has 1 N–H and O–H groups in total. The number of alkyl halides is 2. The summed E-state index contributed by atoms with van der Waals surface area (Å²) in [4.78, 5) is 14.4. The summed E-state index contributed by atoms with van der Waals surface area (Å²) < 4.78 is 26.8. The lowest BCUT2D eigenvalue weighted by Crippen LogP contribution is -2.53. The molecule has 0 amide bonds. The van der Waals surface area contributed by atoms with E-state index in [1.54, 1.807) is 0 Å². The van der Waals surface area contributed by atoms with Crippen LogP contribution in [-0.2, 0) is 11.3 Å². The average Bonchev–Trinajstić information content (AvgIpc) is 3.34. The Bertz CT molecular complexity index is 790. The second kappa shape index (κ2) is 7.31. The van der Waals surface area contributed by atoms with Gasteiger partial charge in [-0.3, -0.25) is 4.79 Å². The number of aromatic nitrogens is 4. The summed E-state index contributed by atoms with van der Waals surface area (Å²) in [6, 6.07) is 0. The number of fused-ring (bicyclic) bond motifs is 5. The number of aliphatic hydroxyl groups is 1. The van der Waals surface area contributed by atoms with E-state index in [1.807, 2.05) is 0 Å². The normalized spacial score (nSPS) is 45.6. The number of rotatable bonds is 4. The summed E-state index contributed by atoms with van der Waals surface area (Å²) >= 11 is 0. The van der Waals surface area contributed by atoms with Crippen LogP contribution in [0.1, 0.15) is 64.7 Å². The van der Waals surface area contributed by atoms with Gasteiger partial charge in [0.05, 0.1) is 0 Å². The van der Waals surface area contributed by atoms with Gasteiger partial charge in [-0.15, -0.1) is 10.2 Å². The lowest BCUT2D eigenvalue weighted by atomic mass is 9.49. The monoisotopic (exact) mass is 422 g/mol. The summed E-state index contributed by atoms with van der Waals surface area (Å²) in [5, 5.41) is 21.9. The minimum Gasteiger partial charge on any atom is -0.384 e. The molecule has 1 aromatic heterocycles. The van der Waals surface area contributed by atoms with Gasteiger partial charge in [0.25, 0.3) is 6.43 Å². The highest BCUT2D eigenvalue weighted by atomic mass is 19.3. The minimum absolute atomic E-state index is 0.0179. The van der Waals surface area contributed by atoms with E-state index >= 15 is 0 Å². The van der Waals surface area contributed by atoms with Crippen LogP contribution in [-0.4, -0.2) is 43.1 Å². The van der Waals surface area contributed by atoms with Crippen molar-refractivity contribution in [3.8, 4) is 0 Å². The van der Waals surface area contributed by atoms with Crippen molar-refractivity contribution in [1.82, 2.24) is 20.2 Å². The van der Waals surface area contributed by atoms with Gasteiger partial charge in [0, 0.05) is 5.92 Å². The molecule has 0 bridgehead atoms. The third-order valence-electron chi connectivity index (χ3n) is 9.53. The van der Waals surface area contributed by atoms with Gasteiger partial charge in [0.15, 0.2) is 12.1 Å². The molecule has 5 rings (SSSR count). The zero-order valence-corrected chi connectivity index (χ0v) is 17.6. The largest absolute Gasteiger partial charge is 0.384 e. The Hall–Kier alpha value is -1.44. The van der Waals surface area contributed by atoms with Crippen molar-refractivity contribution in [2.45, 2.75) is 83.3 Å². The molecule has 8 unspecified atom stereocenters. The Labute approximate surface area is 175 Å². The molecule has 0 aliphatic heterocycles. The lowest BCUT2D eigenvalue weighted by Gasteiger charge is -2.57. The molecule has 4 fully saturated rings. The molecule has 4 aliphatic carbocycles. The third-order valence-corrected chi connectivity index (χ3v) is 9.53. The fourth-order valence-electron chi connectivity index (χ4n) is 8.15. The fraction of sp³-hybridized carbons (Fsp3) is 0.909. The number of carbonyl (C=O) groups excluding carboxylic acids is 1. The topological polar surface area (TPSA) is 80.9 Å². The molecule has 0 saturated heterocycles. The summed E-state index contributed by atoms with van der Waals surface area (Å²) in [6.07, 6.45) is 6.02. The molecule has 8 atom stereocenters. The molecule has 0 spiro atoms. The lowest BCUT2D eigenvalue weighted by molar-refractivity contribution is -0.160. The van der Waals surface area contributed by atoms with Crippen LogP contribution in [0.2, 0.25) is 0 Å². The minimum atomic E-state index is -2.65. The number of hydrogen-bond acceptors (Lipinski definition) is 5. The predicted molar refractivity (Wildman–Crippen MR) is 104 cm³/mol. The summed E-state index contributed by atoms with van der Waals surface area (Å²) in [5.41, 5.74) is -1.76. The number of carbonyl (C=O) groups is 1. The number of hydrogen-bond donors (Lipinski definition) is 1. The molecule has 1 aromatic rings. The molecule has 8 heteroatoms. The highest BCUT2D eigenvalue weighted by Gasteiger charge is 2.59. The van der Waals surface area contributed by atoms with E-state index < -0.39 is 12.0 Å². The first kappa shape index (κ1) is 20.5. The maximum Gasteiger partial charge on any atom is 0.266 e. The van der Waals surface area contributed by atoms with Gasteiger partial charge in [0.1, 0.15) is 12.1 Å². The zero-order chi connectivity index (χ0) is 21.1. The molecule has 0 radical (unpaired) electrons. The van der Waals surface area contributed by atoms with Gasteiger partial charge in [-0.2, -0.15) is 4.80 Å². The highest BCUT2D eigenvalue weighted by molar-refractivity contribution is 5.81. The molecule has 4 saturated carbocycles. The Balaban J connectivity index is 1.30. The maximum atomic E-state index is 13.4. The molecular formula is C22H32F2N4O2. The van der Waals surface area contributed by atoms with Crippen molar-refractivity contribution in [1.29, 1.82) is 0 Å². The van der Waals surface area contributed by atoms with Crippen LogP contribution in [0, 0.1) is 40.9 Å². The Morgan fingerprint density at radius 1 is 1.13 bits per heavy atom. The van der Waals surface area contributed by atoms with Crippen molar-refractivity contribution in [2.75, 3.05) is 0 Å². The van der Waals surface area contributed by atoms with E-state index in [0.29, 0.717) is 23.7 Å². The van der Waals surface area contributed by atoms with E-state index in [-0.39, 0.29) is 42.4 Å². The Morgan fingerprint density at radius 3 is 2.67 bits per heavy atom. The van der Waals surface area contributed by atoms with Gasteiger partial charge < -0.3 is 5.11 Å². The molecule has 30 heavy (non-hydrogen) atoms. The number of halogens is 2. The second-order valence-corrected chi connectivity index (χ2v) is 10.7. The summed E-state index contributed by atoms with van der Waals surface area (Å²) in [6.45, 7) is 2.50. The van der Waals surface area contributed by atoms with E-state index in [4.69, 9.17) is 0 Å². The number of tetrazole rings is 1. The molecular weight excluding hydrogens is 390 g/mol. The number of ketones is 1. The quantitative estimate of drug-likeness (QED) is 0.803.